The van der Waals surface area contributed by atoms with Gasteiger partial charge in [-0.05, 0) is 24.6 Å². The van der Waals surface area contributed by atoms with Crippen LogP contribution in [0.4, 0.5) is 23.7 Å². The van der Waals surface area contributed by atoms with Gasteiger partial charge in [-0.25, -0.2) is 4.79 Å². The Labute approximate surface area is 172 Å². The van der Waals surface area contributed by atoms with Crippen LogP contribution in [0.5, 0.6) is 0 Å². The van der Waals surface area contributed by atoms with Gasteiger partial charge in [-0.15, -0.1) is 6.42 Å². The number of alkyl halides is 3. The van der Waals surface area contributed by atoms with Gasteiger partial charge in [-0.2, -0.15) is 13.2 Å². The molecule has 4 atom stereocenters. The fourth-order valence-electron chi connectivity index (χ4n) is 3.30. The number of amides is 2. The molecule has 1 unspecified atom stereocenters. The van der Waals surface area contributed by atoms with E-state index in [1.807, 2.05) is 36.4 Å². The van der Waals surface area contributed by atoms with E-state index in [4.69, 9.17) is 15.9 Å². The molecule has 2 aromatic rings. The molecule has 0 radical (unpaired) electrons. The Bertz CT molecular complexity index is 856. The minimum atomic E-state index is -4.48. The van der Waals surface area contributed by atoms with Crippen molar-refractivity contribution in [1.82, 2.24) is 5.32 Å². The summed E-state index contributed by atoms with van der Waals surface area (Å²) in [5.74, 6) is 2.45. The summed E-state index contributed by atoms with van der Waals surface area (Å²) in [6.45, 7) is 0.514. The molecule has 8 heteroatoms. The third-order valence-corrected chi connectivity index (χ3v) is 4.66. The number of carbonyl (C=O) groups is 1. The van der Waals surface area contributed by atoms with Crippen LogP contribution in [0.15, 0.2) is 60.7 Å². The van der Waals surface area contributed by atoms with E-state index in [-0.39, 0.29) is 17.9 Å². The Kier molecular flexibility index (Phi) is 6.98. The maximum absolute atomic E-state index is 12.7. The highest BCUT2D eigenvalue weighted by Gasteiger charge is 2.48. The van der Waals surface area contributed by atoms with Gasteiger partial charge in [0.2, 0.25) is 0 Å². The molecule has 0 saturated carbocycles. The molecule has 2 saturated heterocycles. The van der Waals surface area contributed by atoms with Gasteiger partial charge in [0.25, 0.3) is 0 Å². The first-order valence-electron chi connectivity index (χ1n) is 9.36. The van der Waals surface area contributed by atoms with Crippen LogP contribution in [0.2, 0.25) is 0 Å². The topological polar surface area (TPSA) is 59.6 Å². The number of hydrogen-bond acceptors (Lipinski definition) is 3. The molecule has 0 bridgehead atoms. The quantitative estimate of drug-likeness (QED) is 0.723. The molecule has 30 heavy (non-hydrogen) atoms. The van der Waals surface area contributed by atoms with Crippen molar-refractivity contribution in [1.29, 1.82) is 0 Å². The van der Waals surface area contributed by atoms with Gasteiger partial charge in [-0.3, -0.25) is 0 Å². The second-order valence-electron chi connectivity index (χ2n) is 6.74. The van der Waals surface area contributed by atoms with Crippen molar-refractivity contribution in [2.75, 3.05) is 11.9 Å². The number of fused-ring (bicyclic) bond motifs is 1. The smallest absolute Gasteiger partial charge is 0.373 e. The van der Waals surface area contributed by atoms with Gasteiger partial charge in [0, 0.05) is 12.3 Å². The maximum Gasteiger partial charge on any atom is 0.416 e. The van der Waals surface area contributed by atoms with Crippen molar-refractivity contribution in [2.24, 2.45) is 0 Å². The second-order valence-corrected chi connectivity index (χ2v) is 6.74. The van der Waals surface area contributed by atoms with Gasteiger partial charge in [-0.1, -0.05) is 48.4 Å². The second kappa shape index (κ2) is 9.65. The maximum atomic E-state index is 12.7. The van der Waals surface area contributed by atoms with Gasteiger partial charge in [0.1, 0.15) is 12.2 Å². The highest BCUT2D eigenvalue weighted by molar-refractivity contribution is 5.89. The molecule has 0 spiro atoms. The summed E-state index contributed by atoms with van der Waals surface area (Å²) in [5.41, 5.74) is -0.812. The van der Waals surface area contributed by atoms with Crippen LogP contribution >= 0.6 is 0 Å². The molecular formula is C22H21F3N2O3. The minimum Gasteiger partial charge on any atom is -0.373 e. The fraction of sp³-hybridized carbons (Fsp3) is 0.318. The first-order valence-corrected chi connectivity index (χ1v) is 9.36. The highest BCUT2D eigenvalue weighted by atomic mass is 19.4. The lowest BCUT2D eigenvalue weighted by Crippen LogP contribution is -2.48. The first kappa shape index (κ1) is 21.7. The normalized spacial score (nSPS) is 24.7. The lowest BCUT2D eigenvalue weighted by atomic mass is 10.1. The van der Waals surface area contributed by atoms with Crippen LogP contribution in [0.25, 0.3) is 0 Å². The Hall–Kier alpha value is -3.02. The van der Waals surface area contributed by atoms with E-state index >= 15 is 0 Å². The summed E-state index contributed by atoms with van der Waals surface area (Å²) < 4.78 is 49.2. The van der Waals surface area contributed by atoms with E-state index in [0.717, 1.165) is 12.1 Å². The number of rotatable bonds is 2. The summed E-state index contributed by atoms with van der Waals surface area (Å²) in [7, 11) is 0. The summed E-state index contributed by atoms with van der Waals surface area (Å²) >= 11 is 0. The predicted octanol–water partition coefficient (Wildman–Crippen LogP) is 4.07. The number of ether oxygens (including phenoxy) is 2. The molecular weight excluding hydrogens is 397 g/mol. The number of anilines is 1. The monoisotopic (exact) mass is 418 g/mol. The van der Waals surface area contributed by atoms with Gasteiger partial charge < -0.3 is 20.1 Å². The number of benzene rings is 2. The standard InChI is InChI=1S/C16H15F3N2O3.C6H6/c1-2-11-13(14-12(24-11)6-7-23-14)21-15(22)20-10-5-3-4-9(8-10)16(17,18)19;1-2-4-6-5-3-1/h1,3-5,8,11-14H,6-7H2,(H2,20,21,22);1-6H/t11?,12-,13+,14+;/m1./s1. The number of hydrogen-bond donors (Lipinski definition) is 2. The van der Waals surface area contributed by atoms with Crippen LogP contribution in [0, 0.1) is 12.3 Å². The molecule has 158 valence electrons. The Morgan fingerprint density at radius 2 is 1.77 bits per heavy atom. The van der Waals surface area contributed by atoms with E-state index in [1.165, 1.54) is 12.1 Å². The summed E-state index contributed by atoms with van der Waals surface area (Å²) in [6.07, 6.45) is 0.451. The van der Waals surface area contributed by atoms with Crippen LogP contribution < -0.4 is 10.6 Å². The van der Waals surface area contributed by atoms with Crippen molar-refractivity contribution in [3.63, 3.8) is 0 Å². The molecule has 0 aromatic heterocycles. The molecule has 0 aliphatic carbocycles. The van der Waals surface area contributed by atoms with Gasteiger partial charge in [0.05, 0.1) is 17.7 Å². The van der Waals surface area contributed by atoms with Crippen molar-refractivity contribution >= 4 is 11.7 Å². The van der Waals surface area contributed by atoms with E-state index in [0.29, 0.717) is 13.0 Å². The van der Waals surface area contributed by atoms with Crippen molar-refractivity contribution in [3.05, 3.63) is 66.2 Å². The molecule has 2 N–H and O–H groups in total. The number of urea groups is 1. The molecule has 5 nitrogen and oxygen atoms in total. The zero-order valence-corrected chi connectivity index (χ0v) is 15.9. The largest absolute Gasteiger partial charge is 0.416 e. The van der Waals surface area contributed by atoms with Crippen molar-refractivity contribution in [2.45, 2.75) is 37.0 Å². The molecule has 2 aliphatic rings. The zero-order chi connectivity index (χ0) is 21.6. The number of carbonyl (C=O) groups excluding carboxylic acids is 1. The summed E-state index contributed by atoms with van der Waals surface area (Å²) in [5, 5.41) is 5.01. The zero-order valence-electron chi connectivity index (χ0n) is 15.9. The van der Waals surface area contributed by atoms with Crippen LogP contribution in [0.3, 0.4) is 0 Å². The molecule has 2 heterocycles. The average Bonchev–Trinajstić information content (AvgIpc) is 3.31. The SMILES string of the molecule is C#CC1O[C@@H]2CCO[C@@H]2[C@H]1NC(=O)Nc1cccc(C(F)(F)F)c1.c1ccccc1. The lowest BCUT2D eigenvalue weighted by molar-refractivity contribution is -0.137. The third kappa shape index (κ3) is 5.53. The first-order chi connectivity index (χ1) is 14.4. The van der Waals surface area contributed by atoms with E-state index in [9.17, 15) is 18.0 Å². The van der Waals surface area contributed by atoms with Crippen LogP contribution in [0.1, 0.15) is 12.0 Å². The summed E-state index contributed by atoms with van der Waals surface area (Å²) in [6, 6.07) is 15.2. The Morgan fingerprint density at radius 3 is 2.37 bits per heavy atom. The van der Waals surface area contributed by atoms with E-state index < -0.39 is 29.9 Å². The molecule has 4 rings (SSSR count). The third-order valence-electron chi connectivity index (χ3n) is 4.66. The summed E-state index contributed by atoms with van der Waals surface area (Å²) in [4.78, 5) is 12.1. The predicted molar refractivity (Wildman–Crippen MR) is 106 cm³/mol. The van der Waals surface area contributed by atoms with E-state index in [1.54, 1.807) is 0 Å². The van der Waals surface area contributed by atoms with Crippen molar-refractivity contribution in [3.8, 4) is 12.3 Å². The minimum absolute atomic E-state index is 0.0300. The van der Waals surface area contributed by atoms with Gasteiger partial charge in [0.15, 0.2) is 0 Å². The van der Waals surface area contributed by atoms with E-state index in [2.05, 4.69) is 16.6 Å². The average molecular weight is 418 g/mol. The van der Waals surface area contributed by atoms with Gasteiger partial charge >= 0.3 is 12.2 Å². The Morgan fingerprint density at radius 1 is 1.10 bits per heavy atom. The Balaban J connectivity index is 0.000000367. The number of terminal acetylenes is 1. The fourth-order valence-corrected chi connectivity index (χ4v) is 3.30. The lowest BCUT2D eigenvalue weighted by Gasteiger charge is -2.20. The molecule has 2 aromatic carbocycles. The highest BCUT2D eigenvalue weighted by Crippen LogP contribution is 2.32. The molecule has 2 aliphatic heterocycles. The number of halogens is 3. The van der Waals surface area contributed by atoms with Crippen molar-refractivity contribution < 1.29 is 27.4 Å². The van der Waals surface area contributed by atoms with Crippen LogP contribution in [-0.4, -0.2) is 37.0 Å². The molecule has 2 fully saturated rings. The van der Waals surface area contributed by atoms with Crippen LogP contribution in [-0.2, 0) is 15.7 Å². The molecule has 2 amide bonds. The number of nitrogens with one attached hydrogen (secondary N) is 2.